The Morgan fingerprint density at radius 3 is 2.60 bits per heavy atom. The molecule has 4 aromatic rings. The van der Waals surface area contributed by atoms with Gasteiger partial charge >= 0.3 is 0 Å². The van der Waals surface area contributed by atoms with E-state index in [4.69, 9.17) is 19.2 Å². The van der Waals surface area contributed by atoms with Gasteiger partial charge in [0.15, 0.2) is 17.3 Å². The SMILES string of the molecule is C=C/C(F)=C(\C=C)[C@@]1(C)Oc2cccc(C3CCN(Cc4nc5cc(-c6n[nH]c(C)n6)cc(F)c5n4C[C@@H]4CCO4)CC3)c2O1. The van der Waals surface area contributed by atoms with Crippen molar-refractivity contribution in [2.45, 2.75) is 64.0 Å². The van der Waals surface area contributed by atoms with E-state index >= 15 is 4.39 Å². The summed E-state index contributed by atoms with van der Waals surface area (Å²) in [4.78, 5) is 11.7. The van der Waals surface area contributed by atoms with Crippen LogP contribution in [0.1, 0.15) is 49.3 Å². The minimum Gasteiger partial charge on any atom is -0.444 e. The fraction of sp³-hybridized carbons (Fsp3) is 0.382. The first-order valence-electron chi connectivity index (χ1n) is 15.3. The quantitative estimate of drug-likeness (QED) is 0.215. The molecule has 0 spiro atoms. The number of benzene rings is 2. The third-order valence-electron chi connectivity index (χ3n) is 9.04. The number of allylic oxidation sites excluding steroid dienone is 2. The largest absolute Gasteiger partial charge is 0.444 e. The van der Waals surface area contributed by atoms with Crippen molar-refractivity contribution in [1.29, 1.82) is 0 Å². The Morgan fingerprint density at radius 2 is 1.93 bits per heavy atom. The van der Waals surface area contributed by atoms with E-state index in [-0.39, 0.29) is 23.4 Å². The monoisotopic (exact) mass is 614 g/mol. The molecule has 9 nitrogen and oxygen atoms in total. The molecule has 2 aromatic heterocycles. The van der Waals surface area contributed by atoms with E-state index in [0.717, 1.165) is 56.4 Å². The molecule has 3 aliphatic rings. The number of rotatable bonds is 9. The molecule has 0 bridgehead atoms. The summed E-state index contributed by atoms with van der Waals surface area (Å²) in [5.74, 6) is 1.16. The topological polar surface area (TPSA) is 90.3 Å². The smallest absolute Gasteiger partial charge is 0.278 e. The van der Waals surface area contributed by atoms with Crippen molar-refractivity contribution in [3.05, 3.63) is 90.1 Å². The van der Waals surface area contributed by atoms with Crippen molar-refractivity contribution in [3.63, 3.8) is 0 Å². The Morgan fingerprint density at radius 1 is 1.13 bits per heavy atom. The maximum atomic E-state index is 15.7. The summed E-state index contributed by atoms with van der Waals surface area (Å²) in [6.45, 7) is 14.3. The van der Waals surface area contributed by atoms with Gasteiger partial charge in [-0.25, -0.2) is 18.7 Å². The summed E-state index contributed by atoms with van der Waals surface area (Å²) in [6, 6.07) is 9.19. The van der Waals surface area contributed by atoms with Gasteiger partial charge in [0, 0.05) is 24.7 Å². The molecule has 0 amide bonds. The van der Waals surface area contributed by atoms with Gasteiger partial charge in [0.1, 0.15) is 28.8 Å². The van der Waals surface area contributed by atoms with Crippen molar-refractivity contribution >= 4 is 11.0 Å². The first-order valence-corrected chi connectivity index (χ1v) is 15.3. The number of fused-ring (bicyclic) bond motifs is 2. The number of piperidine rings is 1. The number of likely N-dealkylation sites (tertiary alicyclic amines) is 1. The number of nitrogens with one attached hydrogen (secondary N) is 1. The highest BCUT2D eigenvalue weighted by atomic mass is 19.1. The van der Waals surface area contributed by atoms with Gasteiger partial charge in [0.05, 0.1) is 30.3 Å². The van der Waals surface area contributed by atoms with Crippen LogP contribution in [0.25, 0.3) is 22.4 Å². The Kier molecular flexibility index (Phi) is 7.53. The van der Waals surface area contributed by atoms with Gasteiger partial charge in [-0.1, -0.05) is 31.4 Å². The van der Waals surface area contributed by atoms with Crippen LogP contribution in [0.5, 0.6) is 11.5 Å². The molecule has 0 saturated carbocycles. The fourth-order valence-electron chi connectivity index (χ4n) is 6.61. The minimum atomic E-state index is -1.33. The highest BCUT2D eigenvalue weighted by Gasteiger charge is 2.43. The molecular formula is C34H36F2N6O3. The third-order valence-corrected chi connectivity index (χ3v) is 9.04. The molecule has 2 aromatic carbocycles. The molecule has 5 heterocycles. The zero-order valence-corrected chi connectivity index (χ0v) is 25.5. The average Bonchev–Trinajstić information content (AvgIpc) is 3.70. The summed E-state index contributed by atoms with van der Waals surface area (Å²) in [7, 11) is 0. The molecule has 0 radical (unpaired) electrons. The molecule has 0 unspecified atom stereocenters. The lowest BCUT2D eigenvalue weighted by atomic mass is 9.88. The molecule has 45 heavy (non-hydrogen) atoms. The zero-order chi connectivity index (χ0) is 31.3. The van der Waals surface area contributed by atoms with E-state index in [9.17, 15) is 4.39 Å². The predicted molar refractivity (Wildman–Crippen MR) is 166 cm³/mol. The zero-order valence-electron chi connectivity index (χ0n) is 25.5. The maximum absolute atomic E-state index is 15.7. The van der Waals surface area contributed by atoms with Crippen LogP contribution in [0, 0.1) is 12.7 Å². The molecule has 11 heteroatoms. The van der Waals surface area contributed by atoms with Gasteiger partial charge in [0.2, 0.25) is 0 Å². The Hall–Kier alpha value is -4.35. The van der Waals surface area contributed by atoms with Crippen LogP contribution in [-0.2, 0) is 17.8 Å². The molecule has 2 saturated heterocycles. The number of para-hydroxylation sites is 1. The van der Waals surface area contributed by atoms with Crippen molar-refractivity contribution in [3.8, 4) is 22.9 Å². The van der Waals surface area contributed by atoms with Crippen LogP contribution in [0.15, 0.2) is 67.0 Å². The standard InChI is InChI=1S/C34H36F2N6O3/c1-5-25(26(35)6-2)34(4)44-29-9-7-8-24(32(29)45-34)21-10-13-41(14-11-21)19-30-38-28-17-22(33-37-20(3)39-40-33)16-27(36)31(28)42(30)18-23-12-15-43-23/h5-9,16-17,21,23H,1-2,10-15,18-19H2,3-4H3,(H,37,39,40)/b26-25-/t23-,34-/m0/s1. The van der Waals surface area contributed by atoms with Crippen molar-refractivity contribution in [2.24, 2.45) is 0 Å². The van der Waals surface area contributed by atoms with Crippen LogP contribution in [0.3, 0.4) is 0 Å². The number of imidazole rings is 1. The van der Waals surface area contributed by atoms with E-state index in [1.165, 1.54) is 12.1 Å². The first-order chi connectivity index (χ1) is 21.8. The predicted octanol–water partition coefficient (Wildman–Crippen LogP) is 6.52. The van der Waals surface area contributed by atoms with E-state index < -0.39 is 11.6 Å². The molecule has 234 valence electrons. The average molecular weight is 615 g/mol. The molecule has 2 fully saturated rings. The van der Waals surface area contributed by atoms with E-state index in [1.807, 2.05) is 29.7 Å². The highest BCUT2D eigenvalue weighted by molar-refractivity contribution is 5.82. The molecule has 1 N–H and O–H groups in total. The third kappa shape index (κ3) is 5.33. The Balaban J connectivity index is 1.11. The van der Waals surface area contributed by atoms with E-state index in [1.54, 1.807) is 6.92 Å². The number of H-pyrrole nitrogens is 1. The summed E-state index contributed by atoms with van der Waals surface area (Å²) in [5, 5.41) is 7.03. The number of halogens is 2. The van der Waals surface area contributed by atoms with Crippen LogP contribution < -0.4 is 9.47 Å². The number of ether oxygens (including phenoxy) is 3. The molecule has 2 atom stereocenters. The highest BCUT2D eigenvalue weighted by Crippen LogP contribution is 2.49. The molecule has 3 aliphatic heterocycles. The molecular weight excluding hydrogens is 578 g/mol. The number of hydrogen-bond acceptors (Lipinski definition) is 7. The van der Waals surface area contributed by atoms with Crippen molar-refractivity contribution in [1.82, 2.24) is 29.6 Å². The van der Waals surface area contributed by atoms with E-state index in [0.29, 0.717) is 52.8 Å². The Labute approximate surface area is 260 Å². The normalized spacial score (nSPS) is 22.4. The summed E-state index contributed by atoms with van der Waals surface area (Å²) in [5.41, 5.74) is 2.89. The van der Waals surface area contributed by atoms with Gasteiger partial charge in [-0.3, -0.25) is 10.00 Å². The summed E-state index contributed by atoms with van der Waals surface area (Å²) < 4.78 is 50.4. The lowest BCUT2D eigenvalue weighted by Crippen LogP contribution is -2.37. The number of aryl methyl sites for hydroxylation is 1. The lowest BCUT2D eigenvalue weighted by molar-refractivity contribution is -0.0592. The summed E-state index contributed by atoms with van der Waals surface area (Å²) in [6.07, 6.45) is 5.30. The van der Waals surface area contributed by atoms with Gasteiger partial charge in [-0.15, -0.1) is 0 Å². The second-order valence-electron chi connectivity index (χ2n) is 12.0. The minimum absolute atomic E-state index is 0.0473. The lowest BCUT2D eigenvalue weighted by Gasteiger charge is -2.33. The number of nitrogens with zero attached hydrogens (tertiary/aromatic N) is 5. The van der Waals surface area contributed by atoms with Gasteiger partial charge in [-0.2, -0.15) is 5.10 Å². The fourth-order valence-corrected chi connectivity index (χ4v) is 6.61. The van der Waals surface area contributed by atoms with Crippen LogP contribution in [0.4, 0.5) is 8.78 Å². The van der Waals surface area contributed by atoms with E-state index in [2.05, 4.69) is 39.3 Å². The second kappa shape index (κ2) is 11.5. The first kappa shape index (κ1) is 29.4. The number of aromatic amines is 1. The maximum Gasteiger partial charge on any atom is 0.278 e. The van der Waals surface area contributed by atoms with Crippen molar-refractivity contribution in [2.75, 3.05) is 19.7 Å². The van der Waals surface area contributed by atoms with Crippen LogP contribution >= 0.6 is 0 Å². The number of hydrogen-bond donors (Lipinski definition) is 1. The molecule has 7 rings (SSSR count). The number of aromatic nitrogens is 5. The summed E-state index contributed by atoms with van der Waals surface area (Å²) >= 11 is 0. The van der Waals surface area contributed by atoms with Gasteiger partial charge in [0.25, 0.3) is 5.79 Å². The second-order valence-corrected chi connectivity index (χ2v) is 12.0. The van der Waals surface area contributed by atoms with Gasteiger partial charge < -0.3 is 18.8 Å². The molecule has 0 aliphatic carbocycles. The van der Waals surface area contributed by atoms with Crippen LogP contribution in [-0.4, -0.2) is 61.2 Å². The van der Waals surface area contributed by atoms with Gasteiger partial charge in [-0.05, 0) is 69.5 Å². The van der Waals surface area contributed by atoms with Crippen molar-refractivity contribution < 1.29 is 23.0 Å². The van der Waals surface area contributed by atoms with Crippen LogP contribution in [0.2, 0.25) is 0 Å². The Bertz CT molecular complexity index is 1820.